The molecule has 3 N–H and O–H groups in total. The van der Waals surface area contributed by atoms with E-state index in [2.05, 4.69) is 0 Å². The van der Waals surface area contributed by atoms with E-state index in [0.717, 1.165) is 0 Å². The lowest BCUT2D eigenvalue weighted by Gasteiger charge is -2.25. The van der Waals surface area contributed by atoms with Crippen molar-refractivity contribution in [3.8, 4) is 0 Å². The van der Waals surface area contributed by atoms with Crippen molar-refractivity contribution in [2.75, 3.05) is 0 Å². The second-order valence-electron chi connectivity index (χ2n) is 3.78. The molecule has 1 unspecified atom stereocenters. The summed E-state index contributed by atoms with van der Waals surface area (Å²) in [7, 11) is 0. The van der Waals surface area contributed by atoms with E-state index in [-0.39, 0.29) is 5.82 Å². The number of halogens is 1. The van der Waals surface area contributed by atoms with E-state index in [1.54, 1.807) is 26.0 Å². The van der Waals surface area contributed by atoms with Crippen LogP contribution in [-0.4, -0.2) is 10.6 Å². The average Bonchev–Trinajstić information content (AvgIpc) is 2.01. The molecule has 0 spiro atoms. The van der Waals surface area contributed by atoms with Gasteiger partial charge in [0.05, 0.1) is 6.10 Å². The highest BCUT2D eigenvalue weighted by Crippen LogP contribution is 2.23. The van der Waals surface area contributed by atoms with Gasteiger partial charge < -0.3 is 10.8 Å². The van der Waals surface area contributed by atoms with E-state index < -0.39 is 11.6 Å². The van der Waals surface area contributed by atoms with Crippen molar-refractivity contribution in [1.29, 1.82) is 0 Å². The number of rotatable bonds is 2. The minimum atomic E-state index is -0.844. The van der Waals surface area contributed by atoms with Crippen LogP contribution in [0.5, 0.6) is 0 Å². The fourth-order valence-electron chi connectivity index (χ4n) is 1.11. The Morgan fingerprint density at radius 1 is 1.46 bits per heavy atom. The summed E-state index contributed by atoms with van der Waals surface area (Å²) in [6.07, 6.45) is -0.844. The first-order valence-corrected chi connectivity index (χ1v) is 4.13. The predicted octanol–water partition coefficient (Wildman–Crippen LogP) is 1.60. The molecule has 2 nitrogen and oxygen atoms in total. The van der Waals surface area contributed by atoms with Crippen LogP contribution in [0.15, 0.2) is 24.3 Å². The molecule has 1 aromatic rings. The summed E-state index contributed by atoms with van der Waals surface area (Å²) in [5.41, 5.74) is 5.44. The molecule has 0 aromatic heterocycles. The third kappa shape index (κ3) is 2.50. The van der Waals surface area contributed by atoms with Gasteiger partial charge in [0.1, 0.15) is 5.82 Å². The van der Waals surface area contributed by atoms with Crippen LogP contribution >= 0.6 is 0 Å². The van der Waals surface area contributed by atoms with Gasteiger partial charge in [0, 0.05) is 5.54 Å². The number of nitrogens with two attached hydrogens (primary N) is 1. The third-order valence-electron chi connectivity index (χ3n) is 1.87. The summed E-state index contributed by atoms with van der Waals surface area (Å²) in [6.45, 7) is 3.39. The summed E-state index contributed by atoms with van der Waals surface area (Å²) < 4.78 is 12.8. The minimum absolute atomic E-state index is 0.360. The number of benzene rings is 1. The van der Waals surface area contributed by atoms with Crippen LogP contribution < -0.4 is 5.73 Å². The Bertz CT molecular complexity index is 293. The van der Waals surface area contributed by atoms with E-state index in [0.29, 0.717) is 5.56 Å². The molecule has 1 atom stereocenters. The summed E-state index contributed by atoms with van der Waals surface area (Å²) in [6, 6.07) is 5.83. The topological polar surface area (TPSA) is 46.2 Å². The molecule has 0 radical (unpaired) electrons. The van der Waals surface area contributed by atoms with E-state index in [9.17, 15) is 9.50 Å². The third-order valence-corrected chi connectivity index (χ3v) is 1.87. The molecular weight excluding hydrogens is 169 g/mol. The van der Waals surface area contributed by atoms with Crippen molar-refractivity contribution in [2.24, 2.45) is 5.73 Å². The molecule has 0 saturated heterocycles. The molecule has 13 heavy (non-hydrogen) atoms. The van der Waals surface area contributed by atoms with Gasteiger partial charge in [-0.1, -0.05) is 12.1 Å². The van der Waals surface area contributed by atoms with Crippen molar-refractivity contribution in [3.63, 3.8) is 0 Å². The summed E-state index contributed by atoms with van der Waals surface area (Å²) in [4.78, 5) is 0. The van der Waals surface area contributed by atoms with Gasteiger partial charge in [0.2, 0.25) is 0 Å². The Labute approximate surface area is 77.2 Å². The Balaban J connectivity index is 2.96. The van der Waals surface area contributed by atoms with Gasteiger partial charge in [0.25, 0.3) is 0 Å². The number of hydrogen-bond donors (Lipinski definition) is 2. The lowest BCUT2D eigenvalue weighted by molar-refractivity contribution is 0.104. The largest absolute Gasteiger partial charge is 0.387 e. The molecule has 0 aliphatic rings. The number of hydrogen-bond acceptors (Lipinski definition) is 2. The van der Waals surface area contributed by atoms with Crippen molar-refractivity contribution in [2.45, 2.75) is 25.5 Å². The maximum atomic E-state index is 12.8. The Morgan fingerprint density at radius 3 is 2.54 bits per heavy atom. The van der Waals surface area contributed by atoms with Gasteiger partial charge in [-0.2, -0.15) is 0 Å². The van der Waals surface area contributed by atoms with Gasteiger partial charge in [-0.3, -0.25) is 0 Å². The first kappa shape index (κ1) is 10.2. The van der Waals surface area contributed by atoms with Crippen LogP contribution in [-0.2, 0) is 0 Å². The Hall–Kier alpha value is -0.930. The van der Waals surface area contributed by atoms with Gasteiger partial charge in [-0.25, -0.2) is 4.39 Å². The van der Waals surface area contributed by atoms with Crippen molar-refractivity contribution >= 4 is 0 Å². The molecule has 0 heterocycles. The normalized spacial score (nSPS) is 14.2. The van der Waals surface area contributed by atoms with E-state index in [4.69, 9.17) is 5.73 Å². The summed E-state index contributed by atoms with van der Waals surface area (Å²) in [5.74, 6) is -0.360. The van der Waals surface area contributed by atoms with Gasteiger partial charge in [-0.15, -0.1) is 0 Å². The molecule has 72 valence electrons. The maximum Gasteiger partial charge on any atom is 0.123 e. The minimum Gasteiger partial charge on any atom is -0.387 e. The zero-order chi connectivity index (χ0) is 10.1. The van der Waals surface area contributed by atoms with E-state index in [1.807, 2.05) is 0 Å². The lowest BCUT2D eigenvalue weighted by atomic mass is 9.92. The Morgan fingerprint density at radius 2 is 2.08 bits per heavy atom. The Kier molecular flexibility index (Phi) is 2.68. The summed E-state index contributed by atoms with van der Waals surface area (Å²) in [5, 5.41) is 9.69. The standard InChI is InChI=1S/C10H14FNO/c1-10(2,12)9(13)7-4-3-5-8(11)6-7/h3-6,9,13H,12H2,1-2H3. The molecule has 1 aromatic carbocycles. The second kappa shape index (κ2) is 3.44. The molecule has 0 amide bonds. The maximum absolute atomic E-state index is 12.8. The molecule has 0 fully saturated rings. The highest BCUT2D eigenvalue weighted by atomic mass is 19.1. The van der Waals surface area contributed by atoms with E-state index in [1.165, 1.54) is 12.1 Å². The van der Waals surface area contributed by atoms with Crippen LogP contribution in [0.3, 0.4) is 0 Å². The first-order valence-electron chi connectivity index (χ1n) is 4.13. The molecule has 0 saturated carbocycles. The van der Waals surface area contributed by atoms with Crippen molar-refractivity contribution < 1.29 is 9.50 Å². The van der Waals surface area contributed by atoms with Gasteiger partial charge in [-0.05, 0) is 31.5 Å². The molecule has 1 rings (SSSR count). The quantitative estimate of drug-likeness (QED) is 0.731. The molecule has 0 bridgehead atoms. The van der Waals surface area contributed by atoms with Gasteiger partial charge in [0.15, 0.2) is 0 Å². The van der Waals surface area contributed by atoms with Gasteiger partial charge >= 0.3 is 0 Å². The zero-order valence-electron chi connectivity index (χ0n) is 7.79. The number of aliphatic hydroxyl groups is 1. The van der Waals surface area contributed by atoms with Crippen molar-refractivity contribution in [1.82, 2.24) is 0 Å². The fourth-order valence-corrected chi connectivity index (χ4v) is 1.11. The highest BCUT2D eigenvalue weighted by Gasteiger charge is 2.24. The second-order valence-corrected chi connectivity index (χ2v) is 3.78. The molecule has 0 aliphatic heterocycles. The monoisotopic (exact) mass is 183 g/mol. The SMILES string of the molecule is CC(C)(N)C(O)c1cccc(F)c1. The van der Waals surface area contributed by atoms with E-state index >= 15 is 0 Å². The van der Waals surface area contributed by atoms with Crippen LogP contribution in [0.25, 0.3) is 0 Å². The fraction of sp³-hybridized carbons (Fsp3) is 0.400. The highest BCUT2D eigenvalue weighted by molar-refractivity contribution is 5.21. The van der Waals surface area contributed by atoms with Crippen molar-refractivity contribution in [3.05, 3.63) is 35.6 Å². The van der Waals surface area contributed by atoms with Crippen LogP contribution in [0.2, 0.25) is 0 Å². The lowest BCUT2D eigenvalue weighted by Crippen LogP contribution is -2.39. The predicted molar refractivity (Wildman–Crippen MR) is 49.6 cm³/mol. The summed E-state index contributed by atoms with van der Waals surface area (Å²) >= 11 is 0. The first-order chi connectivity index (χ1) is 5.91. The molecular formula is C10H14FNO. The van der Waals surface area contributed by atoms with Crippen LogP contribution in [0.1, 0.15) is 25.5 Å². The molecule has 0 aliphatic carbocycles. The average molecular weight is 183 g/mol. The van der Waals surface area contributed by atoms with Crippen LogP contribution in [0.4, 0.5) is 4.39 Å². The zero-order valence-corrected chi connectivity index (χ0v) is 7.79. The smallest absolute Gasteiger partial charge is 0.123 e. The number of aliphatic hydroxyl groups excluding tert-OH is 1. The van der Waals surface area contributed by atoms with Crippen LogP contribution in [0, 0.1) is 5.82 Å². The molecule has 3 heteroatoms.